The highest BCUT2D eigenvalue weighted by molar-refractivity contribution is 7.94. The van der Waals surface area contributed by atoms with Crippen LogP contribution in [0.5, 0.6) is 0 Å². The third-order valence-corrected chi connectivity index (χ3v) is 7.47. The Labute approximate surface area is 184 Å². The normalized spacial score (nSPS) is 11.3. The predicted octanol–water partition coefficient (Wildman–Crippen LogP) is 4.60. The smallest absolute Gasteiger partial charge is 0.271 e. The lowest BCUT2D eigenvalue weighted by Gasteiger charge is -2.09. The molecule has 0 aliphatic rings. The molecule has 0 saturated heterocycles. The Bertz CT molecular complexity index is 1310. The van der Waals surface area contributed by atoms with E-state index in [1.807, 2.05) is 44.2 Å². The van der Waals surface area contributed by atoms with E-state index in [4.69, 9.17) is 0 Å². The lowest BCUT2D eigenvalue weighted by molar-refractivity contribution is 0.102. The van der Waals surface area contributed by atoms with E-state index < -0.39 is 10.0 Å². The molecule has 4 aromatic rings. The molecule has 4 rings (SSSR count). The minimum atomic E-state index is -3.63. The monoisotopic (exact) mass is 452 g/mol. The van der Waals surface area contributed by atoms with Crippen LogP contribution in [0.25, 0.3) is 5.69 Å². The van der Waals surface area contributed by atoms with Crippen molar-refractivity contribution in [1.82, 2.24) is 9.78 Å². The van der Waals surface area contributed by atoms with Crippen molar-refractivity contribution in [2.45, 2.75) is 18.1 Å². The number of hydrogen-bond acceptors (Lipinski definition) is 5. The number of rotatable bonds is 6. The number of carbonyl (C=O) groups excluding carboxylic acids is 1. The molecule has 1 amide bonds. The van der Waals surface area contributed by atoms with Gasteiger partial charge < -0.3 is 5.32 Å². The van der Waals surface area contributed by atoms with Crippen LogP contribution in [0.3, 0.4) is 0 Å². The summed E-state index contributed by atoms with van der Waals surface area (Å²) < 4.78 is 29.2. The average molecular weight is 453 g/mol. The summed E-state index contributed by atoms with van der Waals surface area (Å²) in [6.45, 7) is 3.73. The Morgan fingerprint density at radius 1 is 0.968 bits per heavy atom. The van der Waals surface area contributed by atoms with E-state index in [0.29, 0.717) is 22.6 Å². The van der Waals surface area contributed by atoms with Gasteiger partial charge in [0.1, 0.15) is 4.21 Å². The van der Waals surface area contributed by atoms with E-state index >= 15 is 0 Å². The number of hydrogen-bond donors (Lipinski definition) is 2. The van der Waals surface area contributed by atoms with Gasteiger partial charge in [0.25, 0.3) is 15.9 Å². The van der Waals surface area contributed by atoms with Gasteiger partial charge in [-0.1, -0.05) is 24.3 Å². The second kappa shape index (κ2) is 8.37. The summed E-state index contributed by atoms with van der Waals surface area (Å²) in [5, 5.41) is 9.15. The molecule has 31 heavy (non-hydrogen) atoms. The van der Waals surface area contributed by atoms with E-state index in [0.717, 1.165) is 22.7 Å². The maximum absolute atomic E-state index is 12.8. The van der Waals surface area contributed by atoms with Crippen LogP contribution in [0.4, 0.5) is 11.4 Å². The number of amides is 1. The fourth-order valence-electron chi connectivity index (χ4n) is 3.14. The van der Waals surface area contributed by atoms with E-state index in [9.17, 15) is 13.2 Å². The number of aromatic nitrogens is 2. The first-order valence-electron chi connectivity index (χ1n) is 9.44. The van der Waals surface area contributed by atoms with Crippen LogP contribution in [0.1, 0.15) is 21.7 Å². The molecule has 7 nitrogen and oxygen atoms in total. The molecule has 0 radical (unpaired) electrons. The third kappa shape index (κ3) is 4.37. The van der Waals surface area contributed by atoms with Crippen LogP contribution < -0.4 is 10.0 Å². The largest absolute Gasteiger partial charge is 0.319 e. The molecule has 2 heterocycles. The maximum atomic E-state index is 12.8. The Morgan fingerprint density at radius 2 is 1.68 bits per heavy atom. The van der Waals surface area contributed by atoms with Gasteiger partial charge in [0.15, 0.2) is 0 Å². The second-order valence-electron chi connectivity index (χ2n) is 6.86. The molecule has 2 N–H and O–H groups in total. The van der Waals surface area contributed by atoms with Crippen molar-refractivity contribution >= 4 is 38.6 Å². The van der Waals surface area contributed by atoms with Gasteiger partial charge in [0.2, 0.25) is 0 Å². The van der Waals surface area contributed by atoms with E-state index in [-0.39, 0.29) is 10.1 Å². The van der Waals surface area contributed by atoms with Crippen molar-refractivity contribution in [2.75, 3.05) is 10.0 Å². The van der Waals surface area contributed by atoms with Gasteiger partial charge in [0.05, 0.1) is 22.8 Å². The Kier molecular flexibility index (Phi) is 5.62. The first-order valence-corrected chi connectivity index (χ1v) is 11.8. The summed E-state index contributed by atoms with van der Waals surface area (Å²) in [6.07, 6.45) is 0. The van der Waals surface area contributed by atoms with Crippen LogP contribution in [-0.2, 0) is 10.0 Å². The van der Waals surface area contributed by atoms with Gasteiger partial charge in [-0.25, -0.2) is 13.1 Å². The highest BCUT2D eigenvalue weighted by Crippen LogP contribution is 2.24. The zero-order valence-electron chi connectivity index (χ0n) is 16.9. The first kappa shape index (κ1) is 20.8. The number of nitrogens with one attached hydrogen (secondary N) is 2. The van der Waals surface area contributed by atoms with Crippen molar-refractivity contribution in [1.29, 1.82) is 0 Å². The average Bonchev–Trinajstić information content (AvgIpc) is 3.40. The number of nitrogens with zero attached hydrogens (tertiary/aromatic N) is 2. The Balaban J connectivity index is 1.50. The molecule has 2 aromatic heterocycles. The van der Waals surface area contributed by atoms with Crippen LogP contribution in [-0.4, -0.2) is 24.1 Å². The number of benzene rings is 2. The van der Waals surface area contributed by atoms with Crippen LogP contribution in [0.15, 0.2) is 76.3 Å². The summed E-state index contributed by atoms with van der Waals surface area (Å²) in [5.74, 6) is -0.300. The van der Waals surface area contributed by atoms with Crippen LogP contribution >= 0.6 is 11.3 Å². The number of sulfonamides is 1. The number of thiophene rings is 1. The zero-order valence-corrected chi connectivity index (χ0v) is 18.5. The number of carbonyl (C=O) groups is 1. The maximum Gasteiger partial charge on any atom is 0.271 e. The van der Waals surface area contributed by atoms with E-state index in [1.165, 1.54) is 6.07 Å². The van der Waals surface area contributed by atoms with Gasteiger partial charge in [-0.15, -0.1) is 11.3 Å². The lowest BCUT2D eigenvalue weighted by Crippen LogP contribution is -2.14. The molecule has 0 unspecified atom stereocenters. The molecular formula is C22H20N4O3S2. The van der Waals surface area contributed by atoms with Crippen LogP contribution in [0, 0.1) is 13.8 Å². The minimum Gasteiger partial charge on any atom is -0.319 e. The molecular weight excluding hydrogens is 432 g/mol. The first-order chi connectivity index (χ1) is 14.8. The number of para-hydroxylation sites is 1. The lowest BCUT2D eigenvalue weighted by atomic mass is 10.2. The van der Waals surface area contributed by atoms with Crippen molar-refractivity contribution in [2.24, 2.45) is 0 Å². The molecule has 0 fully saturated rings. The number of anilines is 2. The number of aryl methyl sites for hydroxylation is 1. The van der Waals surface area contributed by atoms with Crippen molar-refractivity contribution < 1.29 is 13.2 Å². The molecule has 0 aliphatic heterocycles. The zero-order chi connectivity index (χ0) is 22.0. The highest BCUT2D eigenvalue weighted by atomic mass is 32.2. The van der Waals surface area contributed by atoms with Crippen LogP contribution in [0.2, 0.25) is 0 Å². The molecule has 158 valence electrons. The quantitative estimate of drug-likeness (QED) is 0.447. The molecule has 0 aliphatic carbocycles. The van der Waals surface area contributed by atoms with Crippen molar-refractivity contribution in [3.8, 4) is 5.69 Å². The molecule has 9 heteroatoms. The van der Waals surface area contributed by atoms with E-state index in [2.05, 4.69) is 15.1 Å². The third-order valence-electron chi connectivity index (χ3n) is 4.69. The van der Waals surface area contributed by atoms with Gasteiger partial charge >= 0.3 is 0 Å². The van der Waals surface area contributed by atoms with Crippen molar-refractivity contribution in [3.05, 3.63) is 89.1 Å². The summed E-state index contributed by atoms with van der Waals surface area (Å²) in [7, 11) is -3.63. The summed E-state index contributed by atoms with van der Waals surface area (Å²) in [4.78, 5) is 12.8. The molecule has 0 spiro atoms. The summed E-state index contributed by atoms with van der Waals surface area (Å²) in [6, 6.07) is 19.2. The molecule has 2 aromatic carbocycles. The summed E-state index contributed by atoms with van der Waals surface area (Å²) in [5.41, 5.74) is 3.87. The second-order valence-corrected chi connectivity index (χ2v) is 9.72. The fraction of sp³-hybridized carbons (Fsp3) is 0.0909. The standard InChI is InChI=1S/C22H20N4O3S2/c1-15-21(16(2)26(24-15)19-7-4-3-5-8-19)23-22(27)17-10-12-18(13-11-17)25-31(28,29)20-9-6-14-30-20/h3-14,25H,1-2H3,(H,23,27). The highest BCUT2D eigenvalue weighted by Gasteiger charge is 2.18. The molecule has 0 bridgehead atoms. The van der Waals surface area contributed by atoms with Gasteiger partial charge in [-0.3, -0.25) is 9.52 Å². The Hall–Kier alpha value is -3.43. The van der Waals surface area contributed by atoms with Gasteiger partial charge in [0, 0.05) is 11.3 Å². The summed E-state index contributed by atoms with van der Waals surface area (Å²) >= 11 is 1.14. The van der Waals surface area contributed by atoms with Gasteiger partial charge in [-0.2, -0.15) is 5.10 Å². The van der Waals surface area contributed by atoms with Gasteiger partial charge in [-0.05, 0) is 61.7 Å². The molecule has 0 atom stereocenters. The molecule has 0 saturated carbocycles. The SMILES string of the molecule is Cc1nn(-c2ccccc2)c(C)c1NC(=O)c1ccc(NS(=O)(=O)c2cccs2)cc1. The topological polar surface area (TPSA) is 93.1 Å². The van der Waals surface area contributed by atoms with E-state index in [1.54, 1.807) is 40.4 Å². The van der Waals surface area contributed by atoms with Crippen molar-refractivity contribution in [3.63, 3.8) is 0 Å². The Morgan fingerprint density at radius 3 is 2.32 bits per heavy atom. The fourth-order valence-corrected chi connectivity index (χ4v) is 5.19. The minimum absolute atomic E-state index is 0.232. The predicted molar refractivity (Wildman–Crippen MR) is 123 cm³/mol.